The average Bonchev–Trinajstić information content (AvgIpc) is 2.47. The van der Waals surface area contributed by atoms with E-state index < -0.39 is 0 Å². The topological polar surface area (TPSA) is 88.7 Å². The van der Waals surface area contributed by atoms with Crippen molar-refractivity contribution in [3.63, 3.8) is 0 Å². The lowest BCUT2D eigenvalue weighted by molar-refractivity contribution is -0.121. The molecule has 6 nitrogen and oxygen atoms in total. The maximum Gasteiger partial charge on any atom is 0.222 e. The number of para-hydroxylation sites is 1. The van der Waals surface area contributed by atoms with Crippen molar-refractivity contribution in [1.29, 1.82) is 0 Å². The summed E-state index contributed by atoms with van der Waals surface area (Å²) in [7, 11) is 0. The van der Waals surface area contributed by atoms with E-state index in [0.717, 1.165) is 17.7 Å². The molecule has 4 N–H and O–H groups in total. The van der Waals surface area contributed by atoms with Crippen LogP contribution in [0.5, 0.6) is 5.75 Å². The number of nitrogens with zero attached hydrogens (tertiary/aromatic N) is 1. The highest BCUT2D eigenvalue weighted by molar-refractivity contribution is 14.0. The number of aliphatic imine (C=N–C) groups is 1. The molecule has 0 spiro atoms. The molecule has 0 aliphatic carbocycles. The number of rotatable bonds is 5. The Bertz CT molecular complexity index is 549. The highest BCUT2D eigenvalue weighted by atomic mass is 127. The molecule has 1 atom stereocenters. The molecule has 0 saturated carbocycles. The van der Waals surface area contributed by atoms with Gasteiger partial charge in [-0.1, -0.05) is 18.2 Å². The van der Waals surface area contributed by atoms with E-state index in [1.807, 2.05) is 38.1 Å². The lowest BCUT2D eigenvalue weighted by Gasteiger charge is -2.26. The number of carbonyl (C=O) groups is 1. The number of nitrogens with one attached hydrogen (secondary N) is 2. The van der Waals surface area contributed by atoms with E-state index in [-0.39, 0.29) is 42.0 Å². The van der Waals surface area contributed by atoms with Gasteiger partial charge in [0.25, 0.3) is 0 Å². The summed E-state index contributed by atoms with van der Waals surface area (Å²) in [4.78, 5) is 15.8. The third-order valence-corrected chi connectivity index (χ3v) is 3.35. The fourth-order valence-corrected chi connectivity index (χ4v) is 2.39. The standard InChI is InChI=1S/C16H24N4O2.HI/c1-11(2)19-15(21)7-9-18-16(17)20-13-8-10-22-14-6-4-3-5-12(13)14;/h3-6,11,13H,7-10H2,1-2H3,(H,19,21)(H3,17,18,20);1H. The van der Waals surface area contributed by atoms with Crippen LogP contribution in [0.25, 0.3) is 0 Å². The number of amides is 1. The van der Waals surface area contributed by atoms with Crippen LogP contribution in [0.15, 0.2) is 29.3 Å². The third kappa shape index (κ3) is 6.25. The van der Waals surface area contributed by atoms with Gasteiger partial charge in [-0.25, -0.2) is 0 Å². The number of benzene rings is 1. The minimum absolute atomic E-state index is 0. The fourth-order valence-electron chi connectivity index (χ4n) is 2.39. The molecule has 1 heterocycles. The van der Waals surface area contributed by atoms with Gasteiger partial charge in [0, 0.05) is 24.4 Å². The number of guanidine groups is 1. The van der Waals surface area contributed by atoms with Crippen molar-refractivity contribution in [1.82, 2.24) is 10.6 Å². The van der Waals surface area contributed by atoms with Crippen molar-refractivity contribution >= 4 is 35.8 Å². The number of fused-ring (bicyclic) bond motifs is 1. The Hall–Kier alpha value is -1.51. The normalized spacial score (nSPS) is 16.8. The molecule has 1 amide bonds. The molecule has 0 aromatic heterocycles. The lowest BCUT2D eigenvalue weighted by Crippen LogP contribution is -2.37. The molecule has 7 heteroatoms. The van der Waals surface area contributed by atoms with Crippen molar-refractivity contribution in [3.8, 4) is 5.75 Å². The predicted octanol–water partition coefficient (Wildman–Crippen LogP) is 1.95. The second kappa shape index (κ2) is 9.59. The van der Waals surface area contributed by atoms with Crippen LogP contribution in [0.2, 0.25) is 0 Å². The fraction of sp³-hybridized carbons (Fsp3) is 0.500. The summed E-state index contributed by atoms with van der Waals surface area (Å²) in [5.74, 6) is 1.23. The number of carbonyl (C=O) groups excluding carboxylic acids is 1. The number of ether oxygens (including phenoxy) is 1. The van der Waals surface area contributed by atoms with Crippen LogP contribution in [0.3, 0.4) is 0 Å². The molecule has 0 radical (unpaired) electrons. The Labute approximate surface area is 154 Å². The second-order valence-corrected chi connectivity index (χ2v) is 5.61. The zero-order chi connectivity index (χ0) is 15.9. The van der Waals surface area contributed by atoms with Gasteiger partial charge in [0.2, 0.25) is 5.91 Å². The monoisotopic (exact) mass is 432 g/mol. The second-order valence-electron chi connectivity index (χ2n) is 5.61. The van der Waals surface area contributed by atoms with Gasteiger partial charge in [0.1, 0.15) is 5.75 Å². The lowest BCUT2D eigenvalue weighted by atomic mass is 10.0. The first kappa shape index (κ1) is 19.5. The molecular formula is C16H25IN4O2. The Morgan fingerprint density at radius 3 is 2.91 bits per heavy atom. The molecular weight excluding hydrogens is 407 g/mol. The van der Waals surface area contributed by atoms with Crippen LogP contribution in [-0.4, -0.2) is 31.1 Å². The van der Waals surface area contributed by atoms with E-state index in [2.05, 4.69) is 15.6 Å². The third-order valence-electron chi connectivity index (χ3n) is 3.35. The van der Waals surface area contributed by atoms with Crippen molar-refractivity contribution in [2.45, 2.75) is 38.8 Å². The highest BCUT2D eigenvalue weighted by Crippen LogP contribution is 2.31. The molecule has 1 aliphatic heterocycles. The maximum atomic E-state index is 11.5. The molecule has 0 fully saturated rings. The van der Waals surface area contributed by atoms with Gasteiger partial charge in [0.15, 0.2) is 5.96 Å². The Morgan fingerprint density at radius 2 is 2.17 bits per heavy atom. The summed E-state index contributed by atoms with van der Waals surface area (Å²) in [6.07, 6.45) is 1.17. The van der Waals surface area contributed by atoms with E-state index in [9.17, 15) is 4.79 Å². The number of hydrogen-bond acceptors (Lipinski definition) is 3. The highest BCUT2D eigenvalue weighted by Gasteiger charge is 2.21. The van der Waals surface area contributed by atoms with E-state index in [4.69, 9.17) is 10.5 Å². The van der Waals surface area contributed by atoms with Crippen molar-refractivity contribution in [2.75, 3.05) is 13.2 Å². The molecule has 1 unspecified atom stereocenters. The Balaban J connectivity index is 0.00000264. The van der Waals surface area contributed by atoms with E-state index in [1.54, 1.807) is 0 Å². The minimum Gasteiger partial charge on any atom is -0.493 e. The summed E-state index contributed by atoms with van der Waals surface area (Å²) < 4.78 is 5.61. The van der Waals surface area contributed by atoms with Gasteiger partial charge >= 0.3 is 0 Å². The van der Waals surface area contributed by atoms with Crippen LogP contribution in [0, 0.1) is 0 Å². The van der Waals surface area contributed by atoms with Gasteiger partial charge in [-0.3, -0.25) is 9.79 Å². The van der Waals surface area contributed by atoms with Crippen LogP contribution in [-0.2, 0) is 4.79 Å². The molecule has 0 saturated heterocycles. The molecule has 128 valence electrons. The van der Waals surface area contributed by atoms with Crippen LogP contribution < -0.4 is 21.1 Å². The molecule has 1 aromatic carbocycles. The molecule has 23 heavy (non-hydrogen) atoms. The summed E-state index contributed by atoms with van der Waals surface area (Å²) in [5, 5.41) is 6.03. The Kier molecular flexibility index (Phi) is 8.15. The van der Waals surface area contributed by atoms with Crippen LogP contribution in [0.1, 0.15) is 38.3 Å². The first-order valence-electron chi connectivity index (χ1n) is 7.64. The van der Waals surface area contributed by atoms with E-state index in [0.29, 0.717) is 25.5 Å². The molecule has 1 aliphatic rings. The van der Waals surface area contributed by atoms with Crippen molar-refractivity contribution < 1.29 is 9.53 Å². The van der Waals surface area contributed by atoms with E-state index >= 15 is 0 Å². The minimum atomic E-state index is -0.0111. The average molecular weight is 432 g/mol. The van der Waals surface area contributed by atoms with Crippen LogP contribution in [0.4, 0.5) is 0 Å². The number of nitrogens with two attached hydrogens (primary N) is 1. The molecule has 1 aromatic rings. The number of halogens is 1. The smallest absolute Gasteiger partial charge is 0.222 e. The van der Waals surface area contributed by atoms with Crippen molar-refractivity contribution in [2.24, 2.45) is 10.7 Å². The zero-order valence-corrected chi connectivity index (χ0v) is 15.9. The SMILES string of the molecule is CC(C)NC(=O)CCN=C(N)NC1CCOc2ccccc21.I. The zero-order valence-electron chi connectivity index (χ0n) is 13.5. The van der Waals surface area contributed by atoms with Gasteiger partial charge in [0.05, 0.1) is 19.2 Å². The largest absolute Gasteiger partial charge is 0.493 e. The Morgan fingerprint density at radius 1 is 1.43 bits per heavy atom. The summed E-state index contributed by atoms with van der Waals surface area (Å²) in [5.41, 5.74) is 7.00. The van der Waals surface area contributed by atoms with E-state index in [1.165, 1.54) is 0 Å². The van der Waals surface area contributed by atoms with Gasteiger partial charge in [-0.15, -0.1) is 24.0 Å². The maximum absolute atomic E-state index is 11.5. The summed E-state index contributed by atoms with van der Waals surface area (Å²) in [6.45, 7) is 4.89. The summed E-state index contributed by atoms with van der Waals surface area (Å²) >= 11 is 0. The van der Waals surface area contributed by atoms with Gasteiger partial charge in [-0.2, -0.15) is 0 Å². The summed E-state index contributed by atoms with van der Waals surface area (Å²) in [6, 6.07) is 8.14. The van der Waals surface area contributed by atoms with Gasteiger partial charge in [-0.05, 0) is 19.9 Å². The van der Waals surface area contributed by atoms with Crippen LogP contribution >= 0.6 is 24.0 Å². The molecule has 2 rings (SSSR count). The van der Waals surface area contributed by atoms with Crippen molar-refractivity contribution in [3.05, 3.63) is 29.8 Å². The first-order valence-corrected chi connectivity index (χ1v) is 7.64. The van der Waals surface area contributed by atoms with Gasteiger partial charge < -0.3 is 21.1 Å². The predicted molar refractivity (Wildman–Crippen MR) is 102 cm³/mol. The quantitative estimate of drug-likeness (QED) is 0.377. The molecule has 0 bridgehead atoms. The number of hydrogen-bond donors (Lipinski definition) is 3. The first-order chi connectivity index (χ1) is 10.6.